The zero-order valence-electron chi connectivity index (χ0n) is 27.6. The second-order valence-electron chi connectivity index (χ2n) is 12.6. The SMILES string of the molecule is O=C(Nc1ccccc1-c1cccs1)OC1CCN(CCc2ccc(CCCCNC[C@@H](O)c3ccc(O)c4[nH]c(=O)ccc34)cc2)CC1. The number of piperidine rings is 1. The summed E-state index contributed by atoms with van der Waals surface area (Å²) in [5.74, 6) is -0.0112. The zero-order valence-corrected chi connectivity index (χ0v) is 28.4. The van der Waals surface area contributed by atoms with Gasteiger partial charge in [-0.15, -0.1) is 11.3 Å². The predicted molar refractivity (Wildman–Crippen MR) is 196 cm³/mol. The zero-order chi connectivity index (χ0) is 34.0. The van der Waals surface area contributed by atoms with Gasteiger partial charge >= 0.3 is 6.09 Å². The quantitative estimate of drug-likeness (QED) is 0.0811. The molecular formula is C39H44N4O5S. The van der Waals surface area contributed by atoms with Crippen molar-refractivity contribution in [3.05, 3.63) is 117 Å². The number of anilines is 1. The number of aromatic amines is 1. The van der Waals surface area contributed by atoms with Crippen molar-refractivity contribution in [3.63, 3.8) is 0 Å². The number of nitrogens with one attached hydrogen (secondary N) is 3. The average Bonchev–Trinajstić information content (AvgIpc) is 3.66. The molecule has 0 saturated carbocycles. The molecule has 5 N–H and O–H groups in total. The van der Waals surface area contributed by atoms with Gasteiger partial charge in [-0.05, 0) is 91.4 Å². The molecule has 3 aromatic carbocycles. The maximum Gasteiger partial charge on any atom is 0.411 e. The van der Waals surface area contributed by atoms with Crippen LogP contribution in [0.2, 0.25) is 0 Å². The van der Waals surface area contributed by atoms with Gasteiger partial charge in [0.25, 0.3) is 0 Å². The van der Waals surface area contributed by atoms with Gasteiger partial charge < -0.3 is 30.2 Å². The summed E-state index contributed by atoms with van der Waals surface area (Å²) in [5, 5.41) is 29.7. The Morgan fingerprint density at radius 1 is 0.939 bits per heavy atom. The van der Waals surface area contributed by atoms with Crippen molar-refractivity contribution in [1.29, 1.82) is 0 Å². The van der Waals surface area contributed by atoms with Gasteiger partial charge in [-0.25, -0.2) is 4.79 Å². The number of aryl methyl sites for hydroxylation is 1. The maximum atomic E-state index is 12.7. The van der Waals surface area contributed by atoms with Gasteiger partial charge in [0.2, 0.25) is 5.56 Å². The molecule has 0 unspecified atom stereocenters. The fraction of sp³-hybridized carbons (Fsp3) is 0.333. The van der Waals surface area contributed by atoms with E-state index in [4.69, 9.17) is 4.74 Å². The number of unbranched alkanes of at least 4 members (excludes halogenated alkanes) is 1. The number of phenols is 1. The van der Waals surface area contributed by atoms with Crippen molar-refractivity contribution >= 4 is 34.0 Å². The number of carbonyl (C=O) groups excluding carboxylic acids is 1. The van der Waals surface area contributed by atoms with E-state index in [-0.39, 0.29) is 17.4 Å². The van der Waals surface area contributed by atoms with Crippen LogP contribution in [0.25, 0.3) is 21.3 Å². The van der Waals surface area contributed by atoms with E-state index in [0.29, 0.717) is 23.0 Å². The Hall–Kier alpha value is -4.48. The van der Waals surface area contributed by atoms with Crippen LogP contribution in [0.3, 0.4) is 0 Å². The summed E-state index contributed by atoms with van der Waals surface area (Å²) >= 11 is 1.65. The number of hydrogen-bond donors (Lipinski definition) is 5. The minimum Gasteiger partial charge on any atom is -0.506 e. The Kier molecular flexibility index (Phi) is 11.8. The molecule has 9 nitrogen and oxygen atoms in total. The number of likely N-dealkylation sites (tertiary alicyclic amines) is 1. The fourth-order valence-electron chi connectivity index (χ4n) is 6.42. The van der Waals surface area contributed by atoms with Crippen molar-refractivity contribution in [2.45, 2.75) is 50.7 Å². The number of nitrogens with zero attached hydrogens (tertiary/aromatic N) is 1. The molecule has 0 spiro atoms. The van der Waals surface area contributed by atoms with Gasteiger partial charge in [0.05, 0.1) is 17.3 Å². The lowest BCUT2D eigenvalue weighted by molar-refractivity contribution is 0.0593. The van der Waals surface area contributed by atoms with E-state index in [9.17, 15) is 19.8 Å². The number of aliphatic hydroxyl groups excluding tert-OH is 1. The summed E-state index contributed by atoms with van der Waals surface area (Å²) in [7, 11) is 0. The molecule has 1 saturated heterocycles. The highest BCUT2D eigenvalue weighted by atomic mass is 32.1. The Labute approximate surface area is 290 Å². The van der Waals surface area contributed by atoms with Crippen LogP contribution in [0, 0.1) is 0 Å². The monoisotopic (exact) mass is 680 g/mol. The summed E-state index contributed by atoms with van der Waals surface area (Å²) in [6.45, 7) is 4.00. The molecule has 0 aliphatic carbocycles. The first-order valence-corrected chi connectivity index (χ1v) is 18.0. The lowest BCUT2D eigenvalue weighted by Crippen LogP contribution is -2.39. The number of para-hydroxylation sites is 1. The number of aliphatic hydroxyl groups is 1. The molecule has 0 radical (unpaired) electrons. The fourth-order valence-corrected chi connectivity index (χ4v) is 7.18. The Morgan fingerprint density at radius 3 is 2.49 bits per heavy atom. The van der Waals surface area contributed by atoms with E-state index < -0.39 is 12.2 Å². The van der Waals surface area contributed by atoms with E-state index in [1.165, 1.54) is 23.3 Å². The van der Waals surface area contributed by atoms with E-state index in [1.807, 2.05) is 41.8 Å². The van der Waals surface area contributed by atoms with Crippen LogP contribution in [-0.2, 0) is 17.6 Å². The van der Waals surface area contributed by atoms with Crippen molar-refractivity contribution < 1.29 is 19.7 Å². The van der Waals surface area contributed by atoms with Gasteiger partial charge in [0, 0.05) is 48.1 Å². The number of ether oxygens (including phenoxy) is 1. The molecule has 0 bridgehead atoms. The molecule has 1 fully saturated rings. The molecule has 1 aliphatic rings. The Balaban J connectivity index is 0.847. The molecule has 1 aliphatic heterocycles. The van der Waals surface area contributed by atoms with Gasteiger partial charge in [0.15, 0.2) is 0 Å². The van der Waals surface area contributed by atoms with Gasteiger partial charge in [-0.1, -0.05) is 54.6 Å². The maximum absolute atomic E-state index is 12.7. The number of aromatic hydroxyl groups is 1. The van der Waals surface area contributed by atoms with Crippen LogP contribution in [0.15, 0.2) is 95.1 Å². The highest BCUT2D eigenvalue weighted by Gasteiger charge is 2.23. The molecule has 1 atom stereocenters. The topological polar surface area (TPSA) is 127 Å². The average molecular weight is 681 g/mol. The number of phenolic OH excluding ortho intramolecular Hbond substituents is 1. The summed E-state index contributed by atoms with van der Waals surface area (Å²) in [4.78, 5) is 30.5. The number of fused-ring (bicyclic) bond motifs is 1. The third-order valence-electron chi connectivity index (χ3n) is 9.17. The van der Waals surface area contributed by atoms with Crippen LogP contribution >= 0.6 is 11.3 Å². The lowest BCUT2D eigenvalue weighted by Gasteiger charge is -2.31. The molecule has 2 aromatic heterocycles. The Bertz CT molecular complexity index is 1870. The lowest BCUT2D eigenvalue weighted by atomic mass is 10.0. The minimum atomic E-state index is -0.752. The second kappa shape index (κ2) is 16.8. The number of pyridine rings is 1. The van der Waals surface area contributed by atoms with E-state index in [0.717, 1.165) is 80.8 Å². The van der Waals surface area contributed by atoms with Crippen LogP contribution in [0.1, 0.15) is 48.5 Å². The summed E-state index contributed by atoms with van der Waals surface area (Å²) < 4.78 is 5.79. The van der Waals surface area contributed by atoms with E-state index in [2.05, 4.69) is 44.8 Å². The van der Waals surface area contributed by atoms with Gasteiger partial charge in [0.1, 0.15) is 11.9 Å². The highest BCUT2D eigenvalue weighted by molar-refractivity contribution is 7.13. The first-order chi connectivity index (χ1) is 23.9. The molecule has 49 heavy (non-hydrogen) atoms. The standard InChI is InChI=1S/C39H44N4O5S/c44-34-16-14-30(31-15-17-37(46)42-38(31)34)35(45)26-40-21-4-3-6-27-10-12-28(13-11-27)18-22-43-23-19-29(20-24-43)48-39(47)41-33-8-2-1-7-32(33)36-9-5-25-49-36/h1-2,5,7-17,25,29,35,40,44-45H,3-4,6,18-24,26H2,(H,41,47)(H,42,46)/t35-/m1/s1. The molecule has 1 amide bonds. The van der Waals surface area contributed by atoms with Crippen molar-refractivity contribution in [3.8, 4) is 16.2 Å². The first-order valence-electron chi connectivity index (χ1n) is 17.1. The minimum absolute atomic E-state index is 0.0112. The number of hydrogen-bond acceptors (Lipinski definition) is 8. The van der Waals surface area contributed by atoms with Crippen molar-refractivity contribution in [1.82, 2.24) is 15.2 Å². The number of amides is 1. The summed E-state index contributed by atoms with van der Waals surface area (Å²) in [5.41, 5.74) is 5.14. The molecular weight excluding hydrogens is 637 g/mol. The van der Waals surface area contributed by atoms with Gasteiger partial charge in [-0.2, -0.15) is 0 Å². The predicted octanol–water partition coefficient (Wildman–Crippen LogP) is 6.86. The highest BCUT2D eigenvalue weighted by Crippen LogP contribution is 2.32. The van der Waals surface area contributed by atoms with Crippen LogP contribution < -0.4 is 16.2 Å². The smallest absolute Gasteiger partial charge is 0.411 e. The Morgan fingerprint density at radius 2 is 1.71 bits per heavy atom. The second-order valence-corrected chi connectivity index (χ2v) is 13.6. The van der Waals surface area contributed by atoms with E-state index >= 15 is 0 Å². The molecule has 10 heteroatoms. The number of rotatable bonds is 14. The number of H-pyrrole nitrogens is 1. The van der Waals surface area contributed by atoms with Crippen molar-refractivity contribution in [2.24, 2.45) is 0 Å². The summed E-state index contributed by atoms with van der Waals surface area (Å²) in [6.07, 6.45) is 4.48. The molecule has 256 valence electrons. The summed E-state index contributed by atoms with van der Waals surface area (Å²) in [6, 6.07) is 27.0. The largest absolute Gasteiger partial charge is 0.506 e. The van der Waals surface area contributed by atoms with Crippen LogP contribution in [0.5, 0.6) is 5.75 Å². The van der Waals surface area contributed by atoms with Crippen LogP contribution in [-0.4, -0.2) is 65.0 Å². The number of benzene rings is 3. The van der Waals surface area contributed by atoms with Crippen LogP contribution in [0.4, 0.5) is 10.5 Å². The molecule has 3 heterocycles. The van der Waals surface area contributed by atoms with Crippen molar-refractivity contribution in [2.75, 3.05) is 38.0 Å². The molecule has 6 rings (SSSR count). The first kappa shape index (κ1) is 34.4. The number of carbonyl (C=O) groups is 1. The number of thiophene rings is 1. The molecule has 5 aromatic rings. The third-order valence-corrected chi connectivity index (χ3v) is 10.1. The van der Waals surface area contributed by atoms with Gasteiger partial charge in [-0.3, -0.25) is 10.1 Å². The van der Waals surface area contributed by atoms with E-state index in [1.54, 1.807) is 23.5 Å². The normalized spacial score (nSPS) is 14.6. The number of aromatic nitrogens is 1. The third kappa shape index (κ3) is 9.36.